The number of benzene rings is 3. The summed E-state index contributed by atoms with van der Waals surface area (Å²) in [5, 5.41) is 3.21. The number of anilines is 2. The molecule has 0 heterocycles. The fraction of sp³-hybridized carbons (Fsp3) is 0.136. The average molecular weight is 445 g/mol. The van der Waals surface area contributed by atoms with Crippen molar-refractivity contribution in [2.45, 2.75) is 11.8 Å². The molecule has 0 saturated heterocycles. The minimum atomic E-state index is -4.02. The van der Waals surface area contributed by atoms with Gasteiger partial charge in [-0.1, -0.05) is 48.0 Å². The maximum atomic E-state index is 13.4. The van der Waals surface area contributed by atoms with Gasteiger partial charge in [0.2, 0.25) is 5.91 Å². The molecule has 30 heavy (non-hydrogen) atoms. The predicted octanol–water partition coefficient (Wildman–Crippen LogP) is 4.49. The number of rotatable bonds is 7. The van der Waals surface area contributed by atoms with Crippen LogP contribution in [0.5, 0.6) is 5.75 Å². The van der Waals surface area contributed by atoms with E-state index in [4.69, 9.17) is 16.3 Å². The quantitative estimate of drug-likeness (QED) is 0.582. The summed E-state index contributed by atoms with van der Waals surface area (Å²) in [5.74, 6) is -0.177. The molecule has 3 aromatic carbocycles. The van der Waals surface area contributed by atoms with E-state index in [1.165, 1.54) is 19.2 Å². The van der Waals surface area contributed by atoms with E-state index in [1.807, 2.05) is 6.92 Å². The second-order valence-corrected chi connectivity index (χ2v) is 8.78. The Bertz CT molecular complexity index is 1150. The Morgan fingerprint density at radius 1 is 1.03 bits per heavy atom. The number of carbonyl (C=O) groups excluding carboxylic acids is 1. The third-order valence-electron chi connectivity index (χ3n) is 4.43. The molecule has 3 rings (SSSR count). The third-order valence-corrected chi connectivity index (χ3v) is 6.61. The van der Waals surface area contributed by atoms with Crippen molar-refractivity contribution in [2.24, 2.45) is 0 Å². The average Bonchev–Trinajstić information content (AvgIpc) is 2.75. The second kappa shape index (κ2) is 9.19. The molecular formula is C22H21ClN2O4S. The predicted molar refractivity (Wildman–Crippen MR) is 119 cm³/mol. The highest BCUT2D eigenvalue weighted by Crippen LogP contribution is 2.32. The SMILES string of the molecule is COc1ccccc1N(CC(=O)Nc1ccc(C)c(Cl)c1)S(=O)(=O)c1ccccc1. The van der Waals surface area contributed by atoms with Crippen molar-refractivity contribution in [1.82, 2.24) is 0 Å². The minimum absolute atomic E-state index is 0.0714. The Morgan fingerprint density at radius 2 is 1.70 bits per heavy atom. The van der Waals surface area contributed by atoms with Crippen LogP contribution in [0.1, 0.15) is 5.56 Å². The van der Waals surface area contributed by atoms with Crippen LogP contribution >= 0.6 is 11.6 Å². The molecule has 3 aromatic rings. The Balaban J connectivity index is 1.97. The van der Waals surface area contributed by atoms with E-state index in [-0.39, 0.29) is 10.6 Å². The van der Waals surface area contributed by atoms with Gasteiger partial charge in [-0.3, -0.25) is 9.10 Å². The van der Waals surface area contributed by atoms with Gasteiger partial charge >= 0.3 is 0 Å². The summed E-state index contributed by atoms with van der Waals surface area (Å²) < 4.78 is 33.1. The molecule has 6 nitrogen and oxygen atoms in total. The molecule has 0 aliphatic heterocycles. The molecule has 0 aromatic heterocycles. The van der Waals surface area contributed by atoms with Crippen molar-refractivity contribution >= 4 is 38.9 Å². The number of amides is 1. The van der Waals surface area contributed by atoms with E-state index >= 15 is 0 Å². The molecule has 0 fully saturated rings. The van der Waals surface area contributed by atoms with Crippen LogP contribution in [-0.4, -0.2) is 28.0 Å². The van der Waals surface area contributed by atoms with Crippen molar-refractivity contribution in [3.8, 4) is 5.75 Å². The van der Waals surface area contributed by atoms with Gasteiger partial charge in [-0.05, 0) is 48.9 Å². The molecule has 0 aliphatic carbocycles. The van der Waals surface area contributed by atoms with E-state index in [0.717, 1.165) is 9.87 Å². The van der Waals surface area contributed by atoms with Gasteiger partial charge in [0.25, 0.3) is 10.0 Å². The Labute approximate surface area is 181 Å². The van der Waals surface area contributed by atoms with Crippen LogP contribution in [0.2, 0.25) is 5.02 Å². The highest BCUT2D eigenvalue weighted by molar-refractivity contribution is 7.92. The van der Waals surface area contributed by atoms with Crippen molar-refractivity contribution in [3.05, 3.63) is 83.4 Å². The lowest BCUT2D eigenvalue weighted by Crippen LogP contribution is -2.38. The summed E-state index contributed by atoms with van der Waals surface area (Å²) in [6, 6.07) is 19.7. The summed E-state index contributed by atoms with van der Waals surface area (Å²) in [6.07, 6.45) is 0. The van der Waals surface area contributed by atoms with Crippen LogP contribution < -0.4 is 14.4 Å². The highest BCUT2D eigenvalue weighted by atomic mass is 35.5. The van der Waals surface area contributed by atoms with Gasteiger partial charge in [-0.15, -0.1) is 0 Å². The maximum absolute atomic E-state index is 13.4. The summed E-state index contributed by atoms with van der Waals surface area (Å²) in [7, 11) is -2.58. The number of sulfonamides is 1. The number of aryl methyl sites for hydroxylation is 1. The molecule has 0 atom stereocenters. The maximum Gasteiger partial charge on any atom is 0.264 e. The summed E-state index contributed by atoms with van der Waals surface area (Å²) in [4.78, 5) is 12.8. The zero-order chi connectivity index (χ0) is 21.7. The summed E-state index contributed by atoms with van der Waals surface area (Å²) in [6.45, 7) is 1.41. The molecule has 0 spiro atoms. The Kier molecular flexibility index (Phi) is 6.64. The van der Waals surface area contributed by atoms with Gasteiger partial charge in [0.15, 0.2) is 0 Å². The molecule has 0 bridgehead atoms. The van der Waals surface area contributed by atoms with Gasteiger partial charge in [-0.2, -0.15) is 0 Å². The molecule has 0 unspecified atom stereocenters. The van der Waals surface area contributed by atoms with Crippen LogP contribution in [0.15, 0.2) is 77.7 Å². The van der Waals surface area contributed by atoms with Crippen LogP contribution in [0.3, 0.4) is 0 Å². The number of halogens is 1. The zero-order valence-corrected chi connectivity index (χ0v) is 18.1. The molecular weight excluding hydrogens is 424 g/mol. The second-order valence-electron chi connectivity index (χ2n) is 6.51. The fourth-order valence-electron chi connectivity index (χ4n) is 2.86. The lowest BCUT2D eigenvalue weighted by molar-refractivity contribution is -0.114. The van der Waals surface area contributed by atoms with Crippen LogP contribution in [0.4, 0.5) is 11.4 Å². The van der Waals surface area contributed by atoms with E-state index < -0.39 is 22.5 Å². The number of para-hydroxylation sites is 2. The van der Waals surface area contributed by atoms with Gasteiger partial charge in [0.05, 0.1) is 17.7 Å². The summed E-state index contributed by atoms with van der Waals surface area (Å²) >= 11 is 6.12. The van der Waals surface area contributed by atoms with Gasteiger partial charge in [0.1, 0.15) is 12.3 Å². The molecule has 1 N–H and O–H groups in total. The largest absolute Gasteiger partial charge is 0.495 e. The highest BCUT2D eigenvalue weighted by Gasteiger charge is 2.29. The van der Waals surface area contributed by atoms with Gasteiger partial charge in [0, 0.05) is 10.7 Å². The van der Waals surface area contributed by atoms with E-state index in [2.05, 4.69) is 5.32 Å². The number of ether oxygens (including phenoxy) is 1. The number of nitrogens with zero attached hydrogens (tertiary/aromatic N) is 1. The molecule has 8 heteroatoms. The monoisotopic (exact) mass is 444 g/mol. The lowest BCUT2D eigenvalue weighted by Gasteiger charge is -2.25. The lowest BCUT2D eigenvalue weighted by atomic mass is 10.2. The van der Waals surface area contributed by atoms with Gasteiger partial charge < -0.3 is 10.1 Å². The van der Waals surface area contributed by atoms with Crippen molar-refractivity contribution < 1.29 is 17.9 Å². The topological polar surface area (TPSA) is 75.7 Å². The van der Waals surface area contributed by atoms with Crippen LogP contribution in [0.25, 0.3) is 0 Å². The Morgan fingerprint density at radius 3 is 2.37 bits per heavy atom. The Hall–Kier alpha value is -3.03. The first-order valence-corrected chi connectivity index (χ1v) is 10.9. The first-order chi connectivity index (χ1) is 14.3. The molecule has 1 amide bonds. The molecule has 0 saturated carbocycles. The first-order valence-electron chi connectivity index (χ1n) is 9.09. The minimum Gasteiger partial charge on any atom is -0.495 e. The zero-order valence-electron chi connectivity index (χ0n) is 16.5. The smallest absolute Gasteiger partial charge is 0.264 e. The molecule has 0 radical (unpaired) electrons. The number of methoxy groups -OCH3 is 1. The summed E-state index contributed by atoms with van der Waals surface area (Å²) in [5.41, 5.74) is 1.62. The molecule has 0 aliphatic rings. The van der Waals surface area contributed by atoms with E-state index in [9.17, 15) is 13.2 Å². The first kappa shape index (κ1) is 21.7. The standard InChI is InChI=1S/C22H21ClN2O4S/c1-16-12-13-17(14-19(16)23)24-22(26)15-25(20-10-6-7-11-21(20)29-2)30(27,28)18-8-4-3-5-9-18/h3-14H,15H2,1-2H3,(H,24,26). The molecule has 156 valence electrons. The fourth-order valence-corrected chi connectivity index (χ4v) is 4.49. The van der Waals surface area contributed by atoms with Gasteiger partial charge in [-0.25, -0.2) is 8.42 Å². The van der Waals surface area contributed by atoms with Crippen LogP contribution in [-0.2, 0) is 14.8 Å². The number of hydrogen-bond donors (Lipinski definition) is 1. The van der Waals surface area contributed by atoms with E-state index in [0.29, 0.717) is 16.5 Å². The third kappa shape index (κ3) is 4.75. The van der Waals surface area contributed by atoms with Crippen molar-refractivity contribution in [3.63, 3.8) is 0 Å². The van der Waals surface area contributed by atoms with Crippen molar-refractivity contribution in [2.75, 3.05) is 23.3 Å². The van der Waals surface area contributed by atoms with Crippen LogP contribution in [0, 0.1) is 6.92 Å². The van der Waals surface area contributed by atoms with Crippen molar-refractivity contribution in [1.29, 1.82) is 0 Å². The van der Waals surface area contributed by atoms with E-state index in [1.54, 1.807) is 60.7 Å². The number of carbonyl (C=O) groups is 1. The number of nitrogens with one attached hydrogen (secondary N) is 1. The number of hydrogen-bond acceptors (Lipinski definition) is 4. The normalized spacial score (nSPS) is 11.0.